The number of hydrogen-bond acceptors (Lipinski definition) is 7. The number of hydrogen-bond donors (Lipinski definition) is 3. The molecule has 2 aliphatic rings. The van der Waals surface area contributed by atoms with Crippen molar-refractivity contribution in [3.8, 4) is 0 Å². The Labute approximate surface area is 162 Å². The number of thiophene rings is 1. The molecule has 3 amide bonds. The van der Waals surface area contributed by atoms with E-state index < -0.39 is 35.5 Å². The van der Waals surface area contributed by atoms with Gasteiger partial charge in [0.25, 0.3) is 5.91 Å². The van der Waals surface area contributed by atoms with E-state index in [-0.39, 0.29) is 23.8 Å². The Kier molecular flexibility index (Phi) is 5.42. The minimum absolute atomic E-state index is 0.162. The summed E-state index contributed by atoms with van der Waals surface area (Å²) in [6, 6.07) is 2.87. The fourth-order valence-electron chi connectivity index (χ4n) is 3.00. The third-order valence-corrected chi connectivity index (χ3v) is 6.39. The van der Waals surface area contributed by atoms with Crippen LogP contribution in [0.1, 0.15) is 11.8 Å². The number of aliphatic carboxylic acids is 1. The first-order chi connectivity index (χ1) is 12.8. The highest BCUT2D eigenvalue weighted by Crippen LogP contribution is 2.41. The predicted octanol–water partition coefficient (Wildman–Crippen LogP) is 0.513. The largest absolute Gasteiger partial charge is 0.477 e. The second-order valence-electron chi connectivity index (χ2n) is 5.97. The van der Waals surface area contributed by atoms with Gasteiger partial charge in [-0.25, -0.2) is 9.59 Å². The summed E-state index contributed by atoms with van der Waals surface area (Å²) < 4.78 is 4.86. The number of ether oxygens (including phenoxy) is 1. The molecule has 1 aromatic heterocycles. The van der Waals surface area contributed by atoms with Crippen LogP contribution in [0.15, 0.2) is 28.8 Å². The quantitative estimate of drug-likeness (QED) is 0.580. The molecule has 27 heavy (non-hydrogen) atoms. The van der Waals surface area contributed by atoms with Gasteiger partial charge in [-0.3, -0.25) is 14.5 Å². The van der Waals surface area contributed by atoms with Crippen LogP contribution in [0.4, 0.5) is 4.79 Å². The number of fused-ring (bicyclic) bond motifs is 1. The van der Waals surface area contributed by atoms with Gasteiger partial charge in [-0.2, -0.15) is 0 Å². The maximum Gasteiger partial charge on any atom is 0.405 e. The van der Waals surface area contributed by atoms with Gasteiger partial charge in [-0.15, -0.1) is 23.1 Å². The fraction of sp³-hybridized carbons (Fsp3) is 0.375. The van der Waals surface area contributed by atoms with E-state index in [0.717, 1.165) is 9.78 Å². The molecule has 9 nitrogen and oxygen atoms in total. The zero-order chi connectivity index (χ0) is 19.7. The van der Waals surface area contributed by atoms with Crippen molar-refractivity contribution in [1.29, 1.82) is 0 Å². The van der Waals surface area contributed by atoms with Crippen LogP contribution in [0.2, 0.25) is 0 Å². The van der Waals surface area contributed by atoms with Gasteiger partial charge in [-0.1, -0.05) is 6.07 Å². The number of nitrogens with one attached hydrogen (secondary N) is 1. The number of carboxylic acids is 1. The lowest BCUT2D eigenvalue weighted by Crippen LogP contribution is -2.70. The first-order valence-electron chi connectivity index (χ1n) is 7.98. The van der Waals surface area contributed by atoms with Gasteiger partial charge >= 0.3 is 12.1 Å². The molecule has 11 heteroatoms. The number of nitrogens with zero attached hydrogens (tertiary/aromatic N) is 1. The molecule has 0 radical (unpaired) electrons. The lowest BCUT2D eigenvalue weighted by molar-refractivity contribution is -0.150. The predicted molar refractivity (Wildman–Crippen MR) is 97.8 cm³/mol. The van der Waals surface area contributed by atoms with Crippen molar-refractivity contribution in [2.24, 2.45) is 5.73 Å². The van der Waals surface area contributed by atoms with E-state index in [1.54, 1.807) is 0 Å². The van der Waals surface area contributed by atoms with Crippen LogP contribution in [0, 0.1) is 0 Å². The van der Waals surface area contributed by atoms with Crippen molar-refractivity contribution in [2.45, 2.75) is 30.9 Å². The number of β-lactam (4-membered cyclic amide) rings is 1. The first kappa shape index (κ1) is 19.2. The molecule has 3 atom stereocenters. The first-order valence-corrected chi connectivity index (χ1v) is 9.91. The van der Waals surface area contributed by atoms with Crippen molar-refractivity contribution in [3.63, 3.8) is 0 Å². The van der Waals surface area contributed by atoms with Crippen LogP contribution in [-0.2, 0) is 25.5 Å². The zero-order valence-corrected chi connectivity index (χ0v) is 15.8. The molecule has 0 aromatic carbocycles. The number of carbonyl (C=O) groups excluding carboxylic acids is 3. The maximum absolute atomic E-state index is 12.5. The number of amides is 3. The third kappa shape index (κ3) is 3.78. The van der Waals surface area contributed by atoms with Crippen molar-refractivity contribution in [2.75, 3.05) is 5.75 Å². The Balaban J connectivity index is 1.74. The molecule has 0 bridgehead atoms. The highest BCUT2D eigenvalue weighted by atomic mass is 32.2. The summed E-state index contributed by atoms with van der Waals surface area (Å²) in [6.45, 7) is 1.49. The molecule has 3 rings (SSSR count). The van der Waals surface area contributed by atoms with Crippen LogP contribution in [0.3, 0.4) is 0 Å². The maximum atomic E-state index is 12.5. The normalized spacial score (nSPS) is 22.6. The molecule has 2 unspecified atom stereocenters. The number of nitrogens with two attached hydrogens (primary N) is 1. The van der Waals surface area contributed by atoms with Crippen molar-refractivity contribution in [3.05, 3.63) is 33.7 Å². The molecular weight excluding hydrogens is 394 g/mol. The van der Waals surface area contributed by atoms with E-state index in [1.165, 1.54) is 30.0 Å². The number of thioether (sulfide) groups is 1. The zero-order valence-electron chi connectivity index (χ0n) is 14.2. The van der Waals surface area contributed by atoms with Gasteiger partial charge < -0.3 is 20.9 Å². The van der Waals surface area contributed by atoms with Gasteiger partial charge in [-0.05, 0) is 18.4 Å². The molecule has 144 valence electrons. The van der Waals surface area contributed by atoms with Gasteiger partial charge in [0, 0.05) is 16.2 Å². The SMILES string of the molecule is CC(OC(N)=O)C1=C(C(=O)O)N2C(=O)C(NC(=O)Cc3cccs3)[C@@H]2SC1. The summed E-state index contributed by atoms with van der Waals surface area (Å²) in [7, 11) is 0. The number of carbonyl (C=O) groups is 4. The summed E-state index contributed by atoms with van der Waals surface area (Å²) in [5.74, 6) is -1.87. The van der Waals surface area contributed by atoms with Crippen molar-refractivity contribution >= 4 is 47.0 Å². The monoisotopic (exact) mass is 411 g/mol. The molecule has 1 aromatic rings. The second kappa shape index (κ2) is 7.61. The van der Waals surface area contributed by atoms with Crippen LogP contribution in [0.25, 0.3) is 0 Å². The highest BCUT2D eigenvalue weighted by Gasteiger charge is 2.54. The van der Waals surface area contributed by atoms with Gasteiger partial charge in [0.1, 0.15) is 23.2 Å². The average molecular weight is 411 g/mol. The van der Waals surface area contributed by atoms with Gasteiger partial charge in [0.15, 0.2) is 0 Å². The number of carboxylic acid groups (broad SMARTS) is 1. The summed E-state index contributed by atoms with van der Waals surface area (Å²) in [5.41, 5.74) is 5.06. The van der Waals surface area contributed by atoms with Crippen molar-refractivity contribution in [1.82, 2.24) is 10.2 Å². The molecular formula is C16H17N3O6S2. The van der Waals surface area contributed by atoms with Crippen LogP contribution >= 0.6 is 23.1 Å². The molecule has 1 fully saturated rings. The Morgan fingerprint density at radius 1 is 1.48 bits per heavy atom. The Hall–Kier alpha value is -2.53. The Bertz CT molecular complexity index is 822. The molecule has 2 aliphatic heterocycles. The fourth-order valence-corrected chi connectivity index (χ4v) is 5.16. The molecule has 0 saturated carbocycles. The molecule has 0 spiro atoms. The van der Waals surface area contributed by atoms with Crippen molar-refractivity contribution < 1.29 is 29.0 Å². The van der Waals surface area contributed by atoms with Crippen LogP contribution in [0.5, 0.6) is 0 Å². The molecule has 0 aliphatic carbocycles. The lowest BCUT2D eigenvalue weighted by Gasteiger charge is -2.49. The summed E-state index contributed by atoms with van der Waals surface area (Å²) in [4.78, 5) is 49.3. The van der Waals surface area contributed by atoms with Gasteiger partial charge in [0.05, 0.1) is 6.42 Å². The smallest absolute Gasteiger partial charge is 0.405 e. The Morgan fingerprint density at radius 3 is 2.81 bits per heavy atom. The van der Waals surface area contributed by atoms with E-state index in [9.17, 15) is 24.3 Å². The van der Waals surface area contributed by atoms with E-state index in [4.69, 9.17) is 10.5 Å². The van der Waals surface area contributed by atoms with Crippen LogP contribution in [-0.4, -0.2) is 57.2 Å². The number of rotatable bonds is 6. The standard InChI is InChI=1S/C16H17N3O6S2/c1-7(25-16(17)24)9-6-27-14-11(13(21)19(14)12(9)15(22)23)18-10(20)5-8-3-2-4-26-8/h2-4,7,11,14H,5-6H2,1H3,(H2,17,24)(H,18,20)(H,22,23)/t7?,11?,14-/m0/s1. The summed E-state index contributed by atoms with van der Waals surface area (Å²) in [6.07, 6.45) is -1.74. The average Bonchev–Trinajstić information content (AvgIpc) is 3.10. The lowest BCUT2D eigenvalue weighted by atomic mass is 10.0. The molecule has 4 N–H and O–H groups in total. The minimum atomic E-state index is -1.30. The van der Waals surface area contributed by atoms with Crippen LogP contribution < -0.4 is 11.1 Å². The topological polar surface area (TPSA) is 139 Å². The van der Waals surface area contributed by atoms with Gasteiger partial charge in [0.2, 0.25) is 5.91 Å². The van der Waals surface area contributed by atoms with E-state index in [0.29, 0.717) is 5.57 Å². The highest BCUT2D eigenvalue weighted by molar-refractivity contribution is 8.00. The minimum Gasteiger partial charge on any atom is -0.477 e. The summed E-state index contributed by atoms with van der Waals surface area (Å²) >= 11 is 2.74. The third-order valence-electron chi connectivity index (χ3n) is 4.22. The molecule has 1 saturated heterocycles. The van der Waals surface area contributed by atoms with E-state index in [1.807, 2.05) is 17.5 Å². The van der Waals surface area contributed by atoms with E-state index >= 15 is 0 Å². The summed E-state index contributed by atoms with van der Waals surface area (Å²) in [5, 5.41) is 13.6. The van der Waals surface area contributed by atoms with E-state index in [2.05, 4.69) is 5.32 Å². The second-order valence-corrected chi connectivity index (χ2v) is 8.11. The Morgan fingerprint density at radius 2 is 2.22 bits per heavy atom. The number of primary amides is 1. The molecule has 3 heterocycles.